The number of likely N-dealkylation sites (tertiary alicyclic amines) is 1. The van der Waals surface area contributed by atoms with Crippen molar-refractivity contribution in [2.24, 2.45) is 17.1 Å². The first-order valence-electron chi connectivity index (χ1n) is 13.3. The van der Waals surface area contributed by atoms with Crippen LogP contribution in [0.3, 0.4) is 0 Å². The molecule has 3 N–H and O–H groups in total. The normalized spacial score (nSPS) is 26.0. The van der Waals surface area contributed by atoms with Crippen LogP contribution in [-0.4, -0.2) is 57.5 Å². The first kappa shape index (κ1) is 28.0. The van der Waals surface area contributed by atoms with E-state index in [1.807, 2.05) is 18.2 Å². The number of halogens is 1. The molecule has 1 unspecified atom stereocenters. The van der Waals surface area contributed by atoms with Gasteiger partial charge < -0.3 is 20.5 Å². The first-order valence-corrected chi connectivity index (χ1v) is 13.7. The quantitative estimate of drug-likeness (QED) is 0.316. The number of nitrogens with zero attached hydrogens (tertiary/aromatic N) is 2. The number of unbranched alkanes of at least 4 members (excludes halogenated alkanes) is 4. The van der Waals surface area contributed by atoms with E-state index in [1.165, 1.54) is 4.90 Å². The molecule has 38 heavy (non-hydrogen) atoms. The molecule has 206 valence electrons. The van der Waals surface area contributed by atoms with Crippen LogP contribution in [-0.2, 0) is 32.2 Å². The Kier molecular flexibility index (Phi) is 8.65. The maximum absolute atomic E-state index is 12.9. The molecule has 2 heterocycles. The average Bonchev–Trinajstić information content (AvgIpc) is 3.21. The van der Waals surface area contributed by atoms with Gasteiger partial charge in [0.05, 0.1) is 18.5 Å². The van der Waals surface area contributed by atoms with Gasteiger partial charge in [0.1, 0.15) is 12.1 Å². The molecule has 0 radical (unpaired) electrons. The average molecular weight is 546 g/mol. The van der Waals surface area contributed by atoms with Crippen molar-refractivity contribution in [2.75, 3.05) is 6.54 Å². The van der Waals surface area contributed by atoms with Gasteiger partial charge in [-0.1, -0.05) is 48.7 Å². The van der Waals surface area contributed by atoms with E-state index in [1.54, 1.807) is 17.9 Å². The van der Waals surface area contributed by atoms with Crippen molar-refractivity contribution in [1.29, 1.82) is 0 Å². The SMILES string of the molecule is C[C@]1(C(=O)O)C[C@H]1/C=C\CCCCCCC(=O)N1CC(OC(=O)N2Cc3cccc(Cl)c3C2)C[C@H]1C(N)=O. The van der Waals surface area contributed by atoms with Gasteiger partial charge in [-0.15, -0.1) is 0 Å². The summed E-state index contributed by atoms with van der Waals surface area (Å²) in [6.07, 6.45) is 8.57. The van der Waals surface area contributed by atoms with Crippen LogP contribution in [0.15, 0.2) is 30.4 Å². The van der Waals surface area contributed by atoms with Gasteiger partial charge in [-0.05, 0) is 55.7 Å². The Morgan fingerprint density at radius 3 is 2.63 bits per heavy atom. The molecule has 2 fully saturated rings. The van der Waals surface area contributed by atoms with Gasteiger partial charge in [-0.3, -0.25) is 19.3 Å². The molecule has 1 aromatic rings. The minimum Gasteiger partial charge on any atom is -0.481 e. The van der Waals surface area contributed by atoms with E-state index in [0.29, 0.717) is 37.4 Å². The number of nitrogens with two attached hydrogens (primary N) is 1. The van der Waals surface area contributed by atoms with Gasteiger partial charge in [0.15, 0.2) is 0 Å². The molecule has 1 saturated carbocycles. The van der Waals surface area contributed by atoms with Gasteiger partial charge in [0, 0.05) is 24.4 Å². The van der Waals surface area contributed by atoms with Crippen molar-refractivity contribution in [3.8, 4) is 0 Å². The number of carboxylic acid groups (broad SMARTS) is 1. The number of hydrogen-bond acceptors (Lipinski definition) is 5. The summed E-state index contributed by atoms with van der Waals surface area (Å²) in [6.45, 7) is 2.70. The number of carbonyl (C=O) groups excluding carboxylic acids is 3. The summed E-state index contributed by atoms with van der Waals surface area (Å²) in [6, 6.07) is 4.78. The molecule has 3 aliphatic rings. The lowest BCUT2D eigenvalue weighted by Gasteiger charge is -2.22. The number of primary amides is 1. The molecule has 9 nitrogen and oxygen atoms in total. The number of aliphatic carboxylic acids is 1. The van der Waals surface area contributed by atoms with Crippen LogP contribution >= 0.6 is 11.6 Å². The molecular weight excluding hydrogens is 510 g/mol. The molecular formula is C28H36ClN3O6. The van der Waals surface area contributed by atoms with Crippen molar-refractivity contribution < 1.29 is 29.0 Å². The molecule has 1 saturated heterocycles. The van der Waals surface area contributed by atoms with E-state index < -0.39 is 35.5 Å². The Bertz CT molecular complexity index is 1120. The zero-order valence-corrected chi connectivity index (χ0v) is 22.5. The van der Waals surface area contributed by atoms with E-state index >= 15 is 0 Å². The molecule has 1 aliphatic carbocycles. The molecule has 4 rings (SSSR count). The van der Waals surface area contributed by atoms with Gasteiger partial charge in [-0.2, -0.15) is 0 Å². The fourth-order valence-corrected chi connectivity index (χ4v) is 5.63. The standard InChI is InChI=1S/C28H36ClN3O6/c1-28(26(35)36)14-19(28)10-6-4-2-3-5-7-12-24(33)32-16-20(13-23(32)25(30)34)38-27(37)31-15-18-9-8-11-22(29)21(18)17-31/h6,8-11,19-20,23H,2-5,7,12-17H2,1H3,(H2,30,34)(H,35,36)/b10-6-/t19-,20?,23+,28+/m1/s1. The number of allylic oxidation sites excluding steroid dienone is 2. The number of carbonyl (C=O) groups is 4. The van der Waals surface area contributed by atoms with Crippen molar-refractivity contribution in [3.63, 3.8) is 0 Å². The minimum absolute atomic E-state index is 0.129. The van der Waals surface area contributed by atoms with Crippen molar-refractivity contribution in [1.82, 2.24) is 9.80 Å². The Balaban J connectivity index is 1.16. The van der Waals surface area contributed by atoms with Crippen molar-refractivity contribution in [3.05, 3.63) is 46.5 Å². The highest BCUT2D eigenvalue weighted by atomic mass is 35.5. The Morgan fingerprint density at radius 2 is 1.95 bits per heavy atom. The number of ether oxygens (including phenoxy) is 1. The third-order valence-electron chi connectivity index (χ3n) is 8.03. The highest BCUT2D eigenvalue weighted by molar-refractivity contribution is 6.31. The first-order chi connectivity index (χ1) is 18.1. The third-order valence-corrected chi connectivity index (χ3v) is 8.39. The van der Waals surface area contributed by atoms with Crippen LogP contribution in [0.2, 0.25) is 5.02 Å². The largest absolute Gasteiger partial charge is 0.481 e. The van der Waals surface area contributed by atoms with Crippen molar-refractivity contribution in [2.45, 2.75) is 83.5 Å². The number of amides is 3. The maximum Gasteiger partial charge on any atom is 0.410 e. The highest BCUT2D eigenvalue weighted by Crippen LogP contribution is 2.53. The van der Waals surface area contributed by atoms with Crippen LogP contribution in [0.1, 0.15) is 69.4 Å². The number of fused-ring (bicyclic) bond motifs is 1. The fourth-order valence-electron chi connectivity index (χ4n) is 5.38. The monoisotopic (exact) mass is 545 g/mol. The second-order valence-corrected chi connectivity index (χ2v) is 11.3. The van der Waals surface area contributed by atoms with Crippen LogP contribution in [0, 0.1) is 11.3 Å². The Hall–Kier alpha value is -3.07. The summed E-state index contributed by atoms with van der Waals surface area (Å²) in [4.78, 5) is 51.8. The van der Waals surface area contributed by atoms with Gasteiger partial charge in [-0.25, -0.2) is 4.79 Å². The molecule has 0 aromatic heterocycles. The number of rotatable bonds is 11. The Labute approximate surface area is 227 Å². The highest BCUT2D eigenvalue weighted by Gasteiger charge is 2.54. The van der Waals surface area contributed by atoms with E-state index in [4.69, 9.17) is 22.1 Å². The van der Waals surface area contributed by atoms with Gasteiger partial charge >= 0.3 is 12.1 Å². The second kappa shape index (κ2) is 11.8. The molecule has 10 heteroatoms. The molecule has 1 aromatic carbocycles. The molecule has 0 spiro atoms. The summed E-state index contributed by atoms with van der Waals surface area (Å²) in [5, 5.41) is 9.78. The van der Waals surface area contributed by atoms with Crippen LogP contribution in [0.4, 0.5) is 4.79 Å². The number of hydrogen-bond donors (Lipinski definition) is 2. The van der Waals surface area contributed by atoms with Crippen LogP contribution < -0.4 is 5.73 Å². The maximum atomic E-state index is 12.9. The Morgan fingerprint density at radius 1 is 1.18 bits per heavy atom. The zero-order valence-electron chi connectivity index (χ0n) is 21.7. The lowest BCUT2D eigenvalue weighted by molar-refractivity contribution is -0.143. The minimum atomic E-state index is -0.783. The van der Waals surface area contributed by atoms with E-state index in [-0.39, 0.29) is 24.8 Å². The lowest BCUT2D eigenvalue weighted by Crippen LogP contribution is -2.43. The molecule has 0 bridgehead atoms. The summed E-state index contributed by atoms with van der Waals surface area (Å²) < 4.78 is 5.66. The van der Waals surface area contributed by atoms with E-state index in [2.05, 4.69) is 6.08 Å². The smallest absolute Gasteiger partial charge is 0.410 e. The summed E-state index contributed by atoms with van der Waals surface area (Å²) >= 11 is 6.24. The summed E-state index contributed by atoms with van der Waals surface area (Å²) in [7, 11) is 0. The topological polar surface area (TPSA) is 130 Å². The lowest BCUT2D eigenvalue weighted by atomic mass is 10.1. The number of carboxylic acids is 1. The molecule has 2 aliphatic heterocycles. The predicted molar refractivity (Wildman–Crippen MR) is 141 cm³/mol. The van der Waals surface area contributed by atoms with Gasteiger partial charge in [0.2, 0.25) is 11.8 Å². The predicted octanol–water partition coefficient (Wildman–Crippen LogP) is 4.25. The number of benzene rings is 1. The van der Waals surface area contributed by atoms with Crippen LogP contribution in [0.5, 0.6) is 0 Å². The van der Waals surface area contributed by atoms with E-state index in [0.717, 1.165) is 36.8 Å². The molecule has 3 amide bonds. The van der Waals surface area contributed by atoms with Crippen molar-refractivity contribution >= 4 is 35.5 Å². The zero-order chi connectivity index (χ0) is 27.4. The summed E-state index contributed by atoms with van der Waals surface area (Å²) in [5.74, 6) is -1.36. The van der Waals surface area contributed by atoms with Crippen LogP contribution in [0.25, 0.3) is 0 Å². The third kappa shape index (κ3) is 6.31. The second-order valence-electron chi connectivity index (χ2n) is 10.9. The fraction of sp³-hybridized carbons (Fsp3) is 0.571. The molecule has 4 atom stereocenters. The van der Waals surface area contributed by atoms with Gasteiger partial charge in [0.25, 0.3) is 0 Å². The van der Waals surface area contributed by atoms with E-state index in [9.17, 15) is 24.3 Å². The summed E-state index contributed by atoms with van der Waals surface area (Å²) in [5.41, 5.74) is 6.85.